The van der Waals surface area contributed by atoms with E-state index in [2.05, 4.69) is 35.1 Å². The molecule has 2 aromatic heterocycles. The molecular formula is C20H19N3OS. The Balaban J connectivity index is 1.58. The standard InChI is InChI=1S/C20H19N3OS/c1-12-18-16(23(22-12)15-5-3-2-4-6-15)10-7-13-11-17(25-19(13)18)20(24)21-14-8-9-14/h2-6,11,14H,7-10H2,1H3,(H,21,24). The Morgan fingerprint density at radius 3 is 2.80 bits per heavy atom. The summed E-state index contributed by atoms with van der Waals surface area (Å²) in [5.74, 6) is 0.0801. The van der Waals surface area contributed by atoms with E-state index in [0.29, 0.717) is 6.04 Å². The molecule has 1 fully saturated rings. The van der Waals surface area contributed by atoms with Crippen LogP contribution in [-0.2, 0) is 12.8 Å². The molecule has 25 heavy (non-hydrogen) atoms. The van der Waals surface area contributed by atoms with Crippen LogP contribution in [-0.4, -0.2) is 21.7 Å². The van der Waals surface area contributed by atoms with Gasteiger partial charge in [-0.05, 0) is 56.4 Å². The number of carbonyl (C=O) groups excluding carboxylic acids is 1. The lowest BCUT2D eigenvalue weighted by molar-refractivity contribution is 0.0955. The Kier molecular flexibility index (Phi) is 3.31. The van der Waals surface area contributed by atoms with E-state index in [0.717, 1.165) is 41.9 Å². The van der Waals surface area contributed by atoms with E-state index in [1.165, 1.54) is 21.7 Å². The first kappa shape index (κ1) is 14.9. The zero-order chi connectivity index (χ0) is 17.0. The number of rotatable bonds is 3. The third-order valence-corrected chi connectivity index (χ3v) is 6.15. The van der Waals surface area contributed by atoms with Crippen molar-refractivity contribution in [2.75, 3.05) is 0 Å². The number of nitrogens with zero attached hydrogens (tertiary/aromatic N) is 2. The third kappa shape index (κ3) is 2.50. The number of amides is 1. The van der Waals surface area contributed by atoms with E-state index in [4.69, 9.17) is 5.10 Å². The van der Waals surface area contributed by atoms with E-state index in [-0.39, 0.29) is 5.91 Å². The average Bonchev–Trinajstić information content (AvgIpc) is 3.22. The molecule has 0 bridgehead atoms. The zero-order valence-electron chi connectivity index (χ0n) is 14.1. The van der Waals surface area contributed by atoms with Crippen LogP contribution in [0.15, 0.2) is 36.4 Å². The largest absolute Gasteiger partial charge is 0.349 e. The first-order valence-electron chi connectivity index (χ1n) is 8.78. The highest BCUT2D eigenvalue weighted by Gasteiger charge is 2.29. The van der Waals surface area contributed by atoms with Gasteiger partial charge in [0.15, 0.2) is 0 Å². The summed E-state index contributed by atoms with van der Waals surface area (Å²) in [4.78, 5) is 14.5. The van der Waals surface area contributed by atoms with Crippen molar-refractivity contribution in [3.63, 3.8) is 0 Å². The second-order valence-corrected chi connectivity index (χ2v) is 7.92. The summed E-state index contributed by atoms with van der Waals surface area (Å²) < 4.78 is 2.07. The topological polar surface area (TPSA) is 46.9 Å². The summed E-state index contributed by atoms with van der Waals surface area (Å²) in [6.07, 6.45) is 4.15. The number of hydrogen-bond acceptors (Lipinski definition) is 3. The van der Waals surface area contributed by atoms with Crippen molar-refractivity contribution in [2.45, 2.75) is 38.6 Å². The second-order valence-electron chi connectivity index (χ2n) is 6.87. The zero-order valence-corrected chi connectivity index (χ0v) is 14.9. The van der Waals surface area contributed by atoms with Crippen LogP contribution >= 0.6 is 11.3 Å². The monoisotopic (exact) mass is 349 g/mol. The van der Waals surface area contributed by atoms with Gasteiger partial charge in [-0.3, -0.25) is 4.79 Å². The van der Waals surface area contributed by atoms with Crippen molar-refractivity contribution in [1.82, 2.24) is 15.1 Å². The van der Waals surface area contributed by atoms with Crippen molar-refractivity contribution in [1.29, 1.82) is 0 Å². The molecule has 1 N–H and O–H groups in total. The van der Waals surface area contributed by atoms with Crippen molar-refractivity contribution >= 4 is 17.2 Å². The molecule has 126 valence electrons. The number of nitrogens with one attached hydrogen (secondary N) is 1. The summed E-state index contributed by atoms with van der Waals surface area (Å²) in [7, 11) is 0. The van der Waals surface area contributed by atoms with Gasteiger partial charge in [-0.2, -0.15) is 5.10 Å². The highest BCUT2D eigenvalue weighted by molar-refractivity contribution is 7.17. The molecule has 2 aliphatic rings. The summed E-state index contributed by atoms with van der Waals surface area (Å²) in [6, 6.07) is 12.8. The molecule has 5 heteroatoms. The molecule has 0 aliphatic heterocycles. The van der Waals surface area contributed by atoms with Crippen molar-refractivity contribution < 1.29 is 4.79 Å². The Morgan fingerprint density at radius 2 is 2.04 bits per heavy atom. The minimum atomic E-state index is 0.0801. The number of aryl methyl sites for hydroxylation is 2. The fraction of sp³-hybridized carbons (Fsp3) is 0.300. The van der Waals surface area contributed by atoms with E-state index in [1.807, 2.05) is 18.2 Å². The third-order valence-electron chi connectivity index (χ3n) is 4.96. The maximum absolute atomic E-state index is 12.4. The highest BCUT2D eigenvalue weighted by Crippen LogP contribution is 2.42. The summed E-state index contributed by atoms with van der Waals surface area (Å²) in [6.45, 7) is 2.07. The van der Waals surface area contributed by atoms with Gasteiger partial charge >= 0.3 is 0 Å². The lowest BCUT2D eigenvalue weighted by Gasteiger charge is -2.14. The Hall–Kier alpha value is -2.40. The first-order chi connectivity index (χ1) is 12.2. The van der Waals surface area contributed by atoms with Crippen LogP contribution in [0.3, 0.4) is 0 Å². The molecule has 3 aromatic rings. The van der Waals surface area contributed by atoms with Gasteiger partial charge < -0.3 is 5.32 Å². The lowest BCUT2D eigenvalue weighted by atomic mass is 9.95. The van der Waals surface area contributed by atoms with Crippen molar-refractivity contribution in [2.24, 2.45) is 0 Å². The molecule has 0 unspecified atom stereocenters. The van der Waals surface area contributed by atoms with Crippen LogP contribution in [0, 0.1) is 6.92 Å². The van der Waals surface area contributed by atoms with Gasteiger partial charge in [-0.1, -0.05) is 18.2 Å². The van der Waals surface area contributed by atoms with Crippen LogP contribution in [0.4, 0.5) is 0 Å². The molecule has 0 radical (unpaired) electrons. The SMILES string of the molecule is Cc1nn(-c2ccccc2)c2c1-c1sc(C(=O)NC3CC3)cc1CC2. The molecule has 1 saturated carbocycles. The smallest absolute Gasteiger partial charge is 0.261 e. The maximum atomic E-state index is 12.4. The second kappa shape index (κ2) is 5.56. The quantitative estimate of drug-likeness (QED) is 0.779. The summed E-state index contributed by atoms with van der Waals surface area (Å²) in [5.41, 5.74) is 5.90. The van der Waals surface area contributed by atoms with E-state index in [1.54, 1.807) is 11.3 Å². The predicted octanol–water partition coefficient (Wildman–Crippen LogP) is 3.90. The Morgan fingerprint density at radius 1 is 1.24 bits per heavy atom. The first-order valence-corrected chi connectivity index (χ1v) is 9.60. The fourth-order valence-electron chi connectivity index (χ4n) is 3.56. The number of fused-ring (bicyclic) bond motifs is 3. The minimum Gasteiger partial charge on any atom is -0.349 e. The number of benzene rings is 1. The van der Waals surface area contributed by atoms with Crippen LogP contribution in [0.25, 0.3) is 16.1 Å². The van der Waals surface area contributed by atoms with E-state index in [9.17, 15) is 4.79 Å². The molecule has 5 rings (SSSR count). The molecule has 0 saturated heterocycles. The molecule has 4 nitrogen and oxygen atoms in total. The molecule has 0 spiro atoms. The van der Waals surface area contributed by atoms with Gasteiger partial charge in [-0.15, -0.1) is 11.3 Å². The molecule has 1 aromatic carbocycles. The van der Waals surface area contributed by atoms with Gasteiger partial charge in [0.25, 0.3) is 5.91 Å². The minimum absolute atomic E-state index is 0.0801. The van der Waals surface area contributed by atoms with E-state index < -0.39 is 0 Å². The molecule has 2 heterocycles. The fourth-order valence-corrected chi connectivity index (χ4v) is 4.79. The van der Waals surface area contributed by atoms with Gasteiger partial charge in [0.1, 0.15) is 0 Å². The van der Waals surface area contributed by atoms with Crippen molar-refractivity contribution in [3.8, 4) is 16.1 Å². The van der Waals surface area contributed by atoms with Crippen LogP contribution < -0.4 is 5.32 Å². The van der Waals surface area contributed by atoms with Crippen LogP contribution in [0.5, 0.6) is 0 Å². The summed E-state index contributed by atoms with van der Waals surface area (Å²) >= 11 is 1.61. The molecule has 1 amide bonds. The van der Waals surface area contributed by atoms with Gasteiger partial charge in [-0.25, -0.2) is 4.68 Å². The average molecular weight is 349 g/mol. The highest BCUT2D eigenvalue weighted by atomic mass is 32.1. The maximum Gasteiger partial charge on any atom is 0.261 e. The number of thiophene rings is 1. The van der Waals surface area contributed by atoms with E-state index >= 15 is 0 Å². The van der Waals surface area contributed by atoms with Crippen molar-refractivity contribution in [3.05, 3.63) is 58.2 Å². The Bertz CT molecular complexity index is 966. The predicted molar refractivity (Wildman–Crippen MR) is 99.5 cm³/mol. The van der Waals surface area contributed by atoms with Crippen LogP contribution in [0.1, 0.15) is 39.5 Å². The number of carbonyl (C=O) groups is 1. The summed E-state index contributed by atoms with van der Waals surface area (Å²) in [5, 5.41) is 7.90. The van der Waals surface area contributed by atoms with Gasteiger partial charge in [0.2, 0.25) is 0 Å². The van der Waals surface area contributed by atoms with Crippen LogP contribution in [0.2, 0.25) is 0 Å². The number of para-hydroxylation sites is 1. The molecule has 2 aliphatic carbocycles. The molecule has 0 atom stereocenters. The van der Waals surface area contributed by atoms with Gasteiger partial charge in [0, 0.05) is 16.5 Å². The Labute approximate surface area is 150 Å². The van der Waals surface area contributed by atoms with Gasteiger partial charge in [0.05, 0.1) is 22.0 Å². The number of hydrogen-bond donors (Lipinski definition) is 1. The molecular weight excluding hydrogens is 330 g/mol. The normalized spacial score (nSPS) is 15.6. The number of aromatic nitrogens is 2. The lowest BCUT2D eigenvalue weighted by Crippen LogP contribution is -2.24.